The van der Waals surface area contributed by atoms with Crippen LogP contribution < -0.4 is 15.4 Å². The Kier molecular flexibility index (Phi) is 19.2. The molecule has 2 aliphatic heterocycles. The third kappa shape index (κ3) is 15.1. The number of hydrogen-bond donors (Lipinski definition) is 4. The van der Waals surface area contributed by atoms with Gasteiger partial charge in [0.1, 0.15) is 18.7 Å². The van der Waals surface area contributed by atoms with Crippen LogP contribution in [0, 0.1) is 12.7 Å². The number of likely N-dealkylation sites (tertiary alicyclic amines) is 1. The van der Waals surface area contributed by atoms with E-state index in [0.29, 0.717) is 47.6 Å². The summed E-state index contributed by atoms with van der Waals surface area (Å²) in [4.78, 5) is 38.3. The maximum absolute atomic E-state index is 14.0. The summed E-state index contributed by atoms with van der Waals surface area (Å²) in [5.74, 6) is 0.543. The number of aldehydes is 1. The Morgan fingerprint density at radius 2 is 1.92 bits per heavy atom. The molecular formula is C39H51ClFN7O5. The van der Waals surface area contributed by atoms with Crippen molar-refractivity contribution in [3.63, 3.8) is 0 Å². The second-order valence-corrected chi connectivity index (χ2v) is 12.9. The number of imidazole rings is 1. The molecule has 14 heteroatoms. The Morgan fingerprint density at radius 1 is 1.17 bits per heavy atom. The Balaban J connectivity index is 0.000000325. The minimum atomic E-state index is -0.469. The fourth-order valence-electron chi connectivity index (χ4n) is 5.47. The van der Waals surface area contributed by atoms with E-state index in [0.717, 1.165) is 75.5 Å². The first-order chi connectivity index (χ1) is 25.8. The Morgan fingerprint density at radius 3 is 2.53 bits per heavy atom. The Hall–Kier alpha value is -4.69. The maximum Gasteiger partial charge on any atom is 0.213 e. The standard InChI is InChI=1S/C27H30ClFN4O.C7H9N3O2.C4H8O.CH4O/c1-19-6-9-25(26(16-19)30-2)31-12-15-33-13-10-20(11-14-33)24-4-3-5-27(32-24)34-18-21-7-8-22(28)17-23(21)29;11-3-7(10-5-12)1-6-2-8-4-9-6;1-4-2-3-5-4;1-2/h3-9,16-17,20,31H,2,10-15,18H2,1H3;2-5,7H,1H2,(H,8,9)(H,10,12);4H,2-3H2,1H3;2H,1H3/t;;4-;/m..1./s1. The van der Waals surface area contributed by atoms with E-state index in [1.807, 2.05) is 18.2 Å². The molecule has 2 aromatic heterocycles. The van der Waals surface area contributed by atoms with Crippen LogP contribution in [0.3, 0.4) is 0 Å². The van der Waals surface area contributed by atoms with Crippen molar-refractivity contribution in [3.8, 4) is 5.88 Å². The minimum absolute atomic E-state index is 0.120. The van der Waals surface area contributed by atoms with E-state index < -0.39 is 6.04 Å². The fourth-order valence-corrected chi connectivity index (χ4v) is 5.63. The number of aryl methyl sites for hydroxylation is 1. The Bertz CT molecular complexity index is 1670. The average molecular weight is 752 g/mol. The summed E-state index contributed by atoms with van der Waals surface area (Å²) in [5, 5.41) is 13.2. The van der Waals surface area contributed by atoms with Crippen molar-refractivity contribution in [1.29, 1.82) is 0 Å². The molecule has 6 rings (SSSR count). The number of benzene rings is 2. The van der Waals surface area contributed by atoms with Crippen LogP contribution in [0.1, 0.15) is 54.6 Å². The minimum Gasteiger partial charge on any atom is -0.473 e. The summed E-state index contributed by atoms with van der Waals surface area (Å²) < 4.78 is 24.7. The van der Waals surface area contributed by atoms with Crippen LogP contribution in [0.5, 0.6) is 5.88 Å². The number of aromatic nitrogens is 3. The van der Waals surface area contributed by atoms with Crippen molar-refractivity contribution in [2.45, 2.75) is 64.2 Å². The number of H-pyrrole nitrogens is 1. The van der Waals surface area contributed by atoms with Crippen molar-refractivity contribution in [1.82, 2.24) is 25.2 Å². The van der Waals surface area contributed by atoms with E-state index >= 15 is 0 Å². The normalized spacial score (nSPS) is 15.7. The molecule has 1 unspecified atom stereocenters. The topological polar surface area (TPSA) is 154 Å². The van der Waals surface area contributed by atoms with Gasteiger partial charge in [0.2, 0.25) is 12.3 Å². The molecule has 286 valence electrons. The molecule has 2 atom stereocenters. The van der Waals surface area contributed by atoms with Crippen molar-refractivity contribution in [2.24, 2.45) is 4.99 Å². The summed E-state index contributed by atoms with van der Waals surface area (Å²) in [6, 6.07) is 16.1. The van der Waals surface area contributed by atoms with Crippen molar-refractivity contribution < 1.29 is 28.6 Å². The van der Waals surface area contributed by atoms with E-state index in [-0.39, 0.29) is 12.4 Å². The van der Waals surface area contributed by atoms with E-state index in [4.69, 9.17) is 31.2 Å². The predicted octanol–water partition coefficient (Wildman–Crippen LogP) is 6.05. The largest absolute Gasteiger partial charge is 0.473 e. The van der Waals surface area contributed by atoms with Crippen LogP contribution in [-0.4, -0.2) is 96.4 Å². The predicted molar refractivity (Wildman–Crippen MR) is 207 cm³/mol. The lowest BCUT2D eigenvalue weighted by Crippen LogP contribution is -2.36. The maximum atomic E-state index is 14.0. The van der Waals surface area contributed by atoms with Crippen LogP contribution in [0.15, 0.2) is 72.1 Å². The molecule has 2 fully saturated rings. The van der Waals surface area contributed by atoms with Gasteiger partial charge in [-0.05, 0) is 88.8 Å². The van der Waals surface area contributed by atoms with E-state index in [1.165, 1.54) is 24.4 Å². The van der Waals surface area contributed by atoms with E-state index in [9.17, 15) is 14.0 Å². The van der Waals surface area contributed by atoms with Crippen LogP contribution in [0.4, 0.5) is 15.8 Å². The zero-order valence-corrected chi connectivity index (χ0v) is 31.4. The SMILES string of the molecule is C=Nc1cc(C)ccc1NCCN1CCC(c2cccc(OCc3ccc(Cl)cc3F)n2)CC1.CO.C[C@@H]1CCO1.O=CNC(C=O)Cc1cnc[nH]1. The number of aromatic amines is 1. The number of aliphatic imine (C=N–C) groups is 1. The van der Waals surface area contributed by atoms with Gasteiger partial charge in [0.15, 0.2) is 0 Å². The molecule has 0 bridgehead atoms. The summed E-state index contributed by atoms with van der Waals surface area (Å²) >= 11 is 5.82. The summed E-state index contributed by atoms with van der Waals surface area (Å²) in [6.07, 6.45) is 8.71. The van der Waals surface area contributed by atoms with E-state index in [1.54, 1.807) is 18.3 Å². The van der Waals surface area contributed by atoms with Gasteiger partial charge in [0, 0.05) is 73.4 Å². The van der Waals surface area contributed by atoms with Crippen molar-refractivity contribution >= 4 is 42.4 Å². The first-order valence-electron chi connectivity index (χ1n) is 17.5. The highest BCUT2D eigenvalue weighted by Crippen LogP contribution is 2.29. The molecule has 2 saturated heterocycles. The van der Waals surface area contributed by atoms with Crippen molar-refractivity contribution in [2.75, 3.05) is 45.2 Å². The molecule has 4 N–H and O–H groups in total. The molecule has 0 aliphatic carbocycles. The van der Waals surface area contributed by atoms with Crippen LogP contribution in [-0.2, 0) is 27.4 Å². The summed E-state index contributed by atoms with van der Waals surface area (Å²) in [7, 11) is 1.00. The third-order valence-corrected chi connectivity index (χ3v) is 8.81. The van der Waals surface area contributed by atoms with Gasteiger partial charge in [-0.25, -0.2) is 14.4 Å². The molecule has 0 saturated carbocycles. The first kappa shape index (κ1) is 42.7. The van der Waals surface area contributed by atoms with Gasteiger partial charge in [0.25, 0.3) is 0 Å². The van der Waals surface area contributed by atoms with Gasteiger partial charge in [-0.2, -0.15) is 0 Å². The number of piperidine rings is 1. The van der Waals surface area contributed by atoms with Gasteiger partial charge in [-0.3, -0.25) is 9.79 Å². The lowest BCUT2D eigenvalue weighted by Gasteiger charge is -2.31. The number of hydrogen-bond acceptors (Lipinski definition) is 10. The fraction of sp³-hybridized carbons (Fsp3) is 0.410. The third-order valence-electron chi connectivity index (χ3n) is 8.58. The molecule has 0 radical (unpaired) electrons. The van der Waals surface area contributed by atoms with Gasteiger partial charge in [-0.1, -0.05) is 29.8 Å². The molecular weight excluding hydrogens is 701 g/mol. The molecule has 2 aliphatic rings. The molecule has 1 amide bonds. The van der Waals surface area contributed by atoms with Gasteiger partial charge in [0.05, 0.1) is 29.8 Å². The lowest BCUT2D eigenvalue weighted by atomic mass is 9.93. The molecule has 4 heterocycles. The number of nitrogens with one attached hydrogen (secondary N) is 3. The van der Waals surface area contributed by atoms with Gasteiger partial charge >= 0.3 is 0 Å². The lowest BCUT2D eigenvalue weighted by molar-refractivity contribution is -0.115. The van der Waals surface area contributed by atoms with E-state index in [2.05, 4.69) is 69.3 Å². The number of aliphatic hydroxyl groups is 1. The summed E-state index contributed by atoms with van der Waals surface area (Å²) in [6.45, 7) is 12.8. The molecule has 4 aromatic rings. The number of aliphatic hydroxyl groups excluding tert-OH is 1. The smallest absolute Gasteiger partial charge is 0.213 e. The number of carbonyl (C=O) groups is 2. The number of ether oxygens (including phenoxy) is 2. The quantitative estimate of drug-likeness (QED) is 0.0890. The number of anilines is 1. The van der Waals surface area contributed by atoms with Gasteiger partial charge < -0.3 is 39.9 Å². The summed E-state index contributed by atoms with van der Waals surface area (Å²) in [5.41, 5.74) is 5.41. The van der Waals surface area contributed by atoms with Gasteiger partial charge in [-0.15, -0.1) is 0 Å². The number of nitrogens with zero attached hydrogens (tertiary/aromatic N) is 4. The average Bonchev–Trinajstić information content (AvgIpc) is 3.69. The molecule has 2 aromatic carbocycles. The molecule has 53 heavy (non-hydrogen) atoms. The second-order valence-electron chi connectivity index (χ2n) is 12.4. The zero-order valence-electron chi connectivity index (χ0n) is 30.6. The monoisotopic (exact) mass is 751 g/mol. The number of pyridine rings is 1. The molecule has 0 spiro atoms. The highest BCUT2D eigenvalue weighted by atomic mass is 35.5. The van der Waals surface area contributed by atoms with Crippen LogP contribution >= 0.6 is 11.6 Å². The van der Waals surface area contributed by atoms with Crippen LogP contribution in [0.2, 0.25) is 5.02 Å². The highest BCUT2D eigenvalue weighted by Gasteiger charge is 2.22. The second kappa shape index (κ2) is 23.8. The number of halogens is 2. The molecule has 12 nitrogen and oxygen atoms in total. The zero-order chi connectivity index (χ0) is 38.4. The number of amides is 1. The number of rotatable bonds is 14. The van der Waals surface area contributed by atoms with Crippen molar-refractivity contribution in [3.05, 3.63) is 100 Å². The Labute approximate surface area is 316 Å². The number of carbonyl (C=O) groups excluding carboxylic acids is 2. The van der Waals surface area contributed by atoms with Crippen LogP contribution in [0.25, 0.3) is 0 Å². The highest BCUT2D eigenvalue weighted by molar-refractivity contribution is 6.30. The first-order valence-corrected chi connectivity index (χ1v) is 17.9.